The molecule has 2 aromatic rings. The molecule has 0 amide bonds. The predicted octanol–water partition coefficient (Wildman–Crippen LogP) is 3.93. The van der Waals surface area contributed by atoms with Crippen molar-refractivity contribution < 1.29 is 0 Å². The van der Waals surface area contributed by atoms with Gasteiger partial charge in [-0.2, -0.15) is 0 Å². The molecule has 106 valence electrons. The number of benzene rings is 1. The number of aromatic nitrogens is 2. The summed E-state index contributed by atoms with van der Waals surface area (Å²) in [7, 11) is 0. The Morgan fingerprint density at radius 3 is 2.40 bits per heavy atom. The summed E-state index contributed by atoms with van der Waals surface area (Å²) < 4.78 is 0. The minimum absolute atomic E-state index is 0.253. The van der Waals surface area contributed by atoms with E-state index in [0.29, 0.717) is 5.92 Å². The Bertz CT molecular complexity index is 578. The van der Waals surface area contributed by atoms with Crippen molar-refractivity contribution in [1.29, 1.82) is 0 Å². The predicted molar refractivity (Wildman–Crippen MR) is 82.4 cm³/mol. The summed E-state index contributed by atoms with van der Waals surface area (Å²) in [6.07, 6.45) is 4.47. The van der Waals surface area contributed by atoms with E-state index in [-0.39, 0.29) is 5.54 Å². The van der Waals surface area contributed by atoms with Crippen molar-refractivity contribution in [3.63, 3.8) is 0 Å². The third-order valence-corrected chi connectivity index (χ3v) is 4.32. The van der Waals surface area contributed by atoms with E-state index in [0.717, 1.165) is 24.4 Å². The van der Waals surface area contributed by atoms with Gasteiger partial charge in [-0.05, 0) is 18.8 Å². The quantitative estimate of drug-likeness (QED) is 0.887. The first kappa shape index (κ1) is 13.4. The van der Waals surface area contributed by atoms with E-state index in [1.807, 2.05) is 6.07 Å². The Kier molecular flexibility index (Phi) is 3.38. The molecule has 0 radical (unpaired) electrons. The highest BCUT2D eigenvalue weighted by molar-refractivity contribution is 5.63. The number of nitrogens with two attached hydrogens (primary N) is 1. The first-order valence-electron chi connectivity index (χ1n) is 7.55. The maximum absolute atomic E-state index is 6.55. The van der Waals surface area contributed by atoms with Crippen LogP contribution in [0, 0.1) is 0 Å². The molecular weight excluding hydrogens is 246 g/mol. The summed E-state index contributed by atoms with van der Waals surface area (Å²) >= 11 is 0. The first-order chi connectivity index (χ1) is 9.60. The molecule has 1 aliphatic rings. The highest BCUT2D eigenvalue weighted by Gasteiger charge is 2.35. The van der Waals surface area contributed by atoms with Crippen LogP contribution in [0.25, 0.3) is 11.3 Å². The lowest BCUT2D eigenvalue weighted by molar-refractivity contribution is 0.435. The van der Waals surface area contributed by atoms with Crippen molar-refractivity contribution in [2.45, 2.75) is 51.0 Å². The second-order valence-corrected chi connectivity index (χ2v) is 6.23. The van der Waals surface area contributed by atoms with Crippen molar-refractivity contribution in [3.05, 3.63) is 41.9 Å². The van der Waals surface area contributed by atoms with Crippen LogP contribution in [0.2, 0.25) is 0 Å². The monoisotopic (exact) mass is 269 g/mol. The molecule has 0 bridgehead atoms. The molecule has 1 aromatic carbocycles. The number of hydrogen-bond donors (Lipinski definition) is 2. The van der Waals surface area contributed by atoms with E-state index < -0.39 is 0 Å². The summed E-state index contributed by atoms with van der Waals surface area (Å²) in [5.74, 6) is 1.38. The number of hydrogen-bond acceptors (Lipinski definition) is 2. The molecule has 1 aromatic heterocycles. The highest BCUT2D eigenvalue weighted by atomic mass is 15.0. The number of nitrogens with zero attached hydrogens (tertiary/aromatic N) is 1. The van der Waals surface area contributed by atoms with Crippen LogP contribution in [0.5, 0.6) is 0 Å². The van der Waals surface area contributed by atoms with Gasteiger partial charge in [-0.3, -0.25) is 0 Å². The summed E-state index contributed by atoms with van der Waals surface area (Å²) in [5.41, 5.74) is 9.72. The molecular formula is C17H23N3. The number of rotatable bonds is 3. The average Bonchev–Trinajstić information content (AvgIpc) is 3.07. The Morgan fingerprint density at radius 2 is 1.80 bits per heavy atom. The number of imidazole rings is 1. The van der Waals surface area contributed by atoms with Crippen molar-refractivity contribution in [1.82, 2.24) is 9.97 Å². The second-order valence-electron chi connectivity index (χ2n) is 6.23. The smallest absolute Gasteiger partial charge is 0.127 e. The maximum Gasteiger partial charge on any atom is 0.127 e. The van der Waals surface area contributed by atoms with Gasteiger partial charge in [0.1, 0.15) is 5.82 Å². The summed E-state index contributed by atoms with van der Waals surface area (Å²) in [6, 6.07) is 10.4. The van der Waals surface area contributed by atoms with Crippen molar-refractivity contribution in [2.75, 3.05) is 0 Å². The van der Waals surface area contributed by atoms with Gasteiger partial charge in [0.05, 0.1) is 11.2 Å². The van der Waals surface area contributed by atoms with Crippen LogP contribution in [0.1, 0.15) is 57.0 Å². The average molecular weight is 269 g/mol. The van der Waals surface area contributed by atoms with Crippen molar-refractivity contribution in [2.24, 2.45) is 5.73 Å². The van der Waals surface area contributed by atoms with Gasteiger partial charge < -0.3 is 10.7 Å². The zero-order chi connectivity index (χ0) is 14.2. The summed E-state index contributed by atoms with van der Waals surface area (Å²) in [6.45, 7) is 4.39. The molecule has 0 saturated heterocycles. The Balaban J connectivity index is 2.08. The number of nitrogens with one attached hydrogen (secondary N) is 1. The molecule has 3 N–H and O–H groups in total. The molecule has 1 saturated carbocycles. The Hall–Kier alpha value is -1.61. The van der Waals surface area contributed by atoms with Crippen LogP contribution in [0.15, 0.2) is 30.3 Å². The minimum Gasteiger partial charge on any atom is -0.344 e. The SMILES string of the molecule is CC(C)c1[nH]c(C2(N)CCCC2)nc1-c1ccccc1. The van der Waals surface area contributed by atoms with E-state index >= 15 is 0 Å². The van der Waals surface area contributed by atoms with Crippen molar-refractivity contribution >= 4 is 0 Å². The van der Waals surface area contributed by atoms with Crippen LogP contribution in [-0.4, -0.2) is 9.97 Å². The molecule has 0 unspecified atom stereocenters. The van der Waals surface area contributed by atoms with Gasteiger partial charge in [0.15, 0.2) is 0 Å². The fourth-order valence-corrected chi connectivity index (χ4v) is 3.10. The Morgan fingerprint density at radius 1 is 1.15 bits per heavy atom. The van der Waals surface area contributed by atoms with Gasteiger partial charge in [0.2, 0.25) is 0 Å². The van der Waals surface area contributed by atoms with E-state index in [4.69, 9.17) is 10.7 Å². The minimum atomic E-state index is -0.253. The van der Waals surface area contributed by atoms with Crippen LogP contribution in [0.4, 0.5) is 0 Å². The van der Waals surface area contributed by atoms with E-state index in [1.165, 1.54) is 24.1 Å². The largest absolute Gasteiger partial charge is 0.344 e. The molecule has 3 rings (SSSR count). The lowest BCUT2D eigenvalue weighted by Gasteiger charge is -2.20. The van der Waals surface area contributed by atoms with Gasteiger partial charge in [-0.15, -0.1) is 0 Å². The lowest BCUT2D eigenvalue weighted by atomic mass is 9.98. The van der Waals surface area contributed by atoms with Gasteiger partial charge in [-0.25, -0.2) is 4.98 Å². The molecule has 1 heterocycles. The molecule has 1 fully saturated rings. The molecule has 20 heavy (non-hydrogen) atoms. The molecule has 1 aliphatic carbocycles. The van der Waals surface area contributed by atoms with Crippen LogP contribution in [-0.2, 0) is 5.54 Å². The topological polar surface area (TPSA) is 54.7 Å². The third-order valence-electron chi connectivity index (χ3n) is 4.32. The van der Waals surface area contributed by atoms with Gasteiger partial charge in [0.25, 0.3) is 0 Å². The number of H-pyrrole nitrogens is 1. The van der Waals surface area contributed by atoms with E-state index in [2.05, 4.69) is 43.1 Å². The van der Waals surface area contributed by atoms with Crippen molar-refractivity contribution in [3.8, 4) is 11.3 Å². The summed E-state index contributed by atoms with van der Waals surface area (Å²) in [4.78, 5) is 8.40. The fourth-order valence-electron chi connectivity index (χ4n) is 3.10. The molecule has 0 atom stereocenters. The molecule has 0 aliphatic heterocycles. The zero-order valence-electron chi connectivity index (χ0n) is 12.3. The second kappa shape index (κ2) is 5.06. The fraction of sp³-hybridized carbons (Fsp3) is 0.471. The lowest BCUT2D eigenvalue weighted by Crippen LogP contribution is -2.34. The third kappa shape index (κ3) is 2.27. The standard InChI is InChI=1S/C17H23N3/c1-12(2)14-15(13-8-4-3-5-9-13)20-16(19-14)17(18)10-6-7-11-17/h3-5,8-9,12H,6-7,10-11,18H2,1-2H3,(H,19,20). The maximum atomic E-state index is 6.55. The Labute approximate surface area is 120 Å². The molecule has 3 nitrogen and oxygen atoms in total. The van der Waals surface area contributed by atoms with E-state index in [1.54, 1.807) is 0 Å². The first-order valence-corrected chi connectivity index (χ1v) is 7.55. The normalized spacial score (nSPS) is 17.8. The van der Waals surface area contributed by atoms with E-state index in [9.17, 15) is 0 Å². The van der Waals surface area contributed by atoms with Gasteiger partial charge >= 0.3 is 0 Å². The highest BCUT2D eigenvalue weighted by Crippen LogP contribution is 2.37. The zero-order valence-corrected chi connectivity index (χ0v) is 12.3. The number of aromatic amines is 1. The summed E-state index contributed by atoms with van der Waals surface area (Å²) in [5, 5.41) is 0. The van der Waals surface area contributed by atoms with Gasteiger partial charge in [0, 0.05) is 11.3 Å². The van der Waals surface area contributed by atoms with Gasteiger partial charge in [-0.1, -0.05) is 57.0 Å². The van der Waals surface area contributed by atoms with Crippen LogP contribution in [0.3, 0.4) is 0 Å². The molecule has 3 heteroatoms. The molecule has 0 spiro atoms. The van der Waals surface area contributed by atoms with Crippen LogP contribution < -0.4 is 5.73 Å². The van der Waals surface area contributed by atoms with Crippen LogP contribution >= 0.6 is 0 Å².